The van der Waals surface area contributed by atoms with Gasteiger partial charge in [0.05, 0.1) is 18.4 Å². The minimum atomic E-state index is 0.0847. The minimum Gasteiger partial charge on any atom is -0.346 e. The first-order valence-corrected chi connectivity index (χ1v) is 8.49. The first-order valence-electron chi connectivity index (χ1n) is 7.70. The SMILES string of the molecule is O=C(Cn1ccc(=NCc2ccccc2)cc1)c1ccc(Br)cc1. The molecule has 0 unspecified atom stereocenters. The van der Waals surface area contributed by atoms with Crippen molar-refractivity contribution in [2.45, 2.75) is 13.1 Å². The Labute approximate surface area is 149 Å². The fourth-order valence-corrected chi connectivity index (χ4v) is 2.58. The molecule has 0 aliphatic carbocycles. The largest absolute Gasteiger partial charge is 0.346 e. The molecule has 0 fully saturated rings. The number of halogens is 1. The van der Waals surface area contributed by atoms with Crippen LogP contribution in [0.4, 0.5) is 0 Å². The zero-order valence-corrected chi connectivity index (χ0v) is 14.7. The van der Waals surface area contributed by atoms with Crippen LogP contribution in [0, 0.1) is 0 Å². The van der Waals surface area contributed by atoms with Gasteiger partial charge in [0.15, 0.2) is 5.78 Å². The van der Waals surface area contributed by atoms with E-state index in [1.807, 2.05) is 71.6 Å². The monoisotopic (exact) mass is 380 g/mol. The Kier molecular flexibility index (Phi) is 5.39. The van der Waals surface area contributed by atoms with Gasteiger partial charge in [-0.25, -0.2) is 0 Å². The van der Waals surface area contributed by atoms with Crippen molar-refractivity contribution in [3.63, 3.8) is 0 Å². The second-order valence-corrected chi connectivity index (χ2v) is 6.38. The van der Waals surface area contributed by atoms with Gasteiger partial charge >= 0.3 is 0 Å². The maximum atomic E-state index is 12.3. The number of Topliss-reactive ketones (excluding diaryl/α,β-unsaturated/α-hetero) is 1. The molecule has 3 nitrogen and oxygen atoms in total. The number of hydrogen-bond acceptors (Lipinski definition) is 2. The Hall–Kier alpha value is -2.46. The predicted molar refractivity (Wildman–Crippen MR) is 98.6 cm³/mol. The summed E-state index contributed by atoms with van der Waals surface area (Å²) in [7, 11) is 0. The number of carbonyl (C=O) groups is 1. The number of hydrogen-bond donors (Lipinski definition) is 0. The lowest BCUT2D eigenvalue weighted by Crippen LogP contribution is -2.12. The van der Waals surface area contributed by atoms with Crippen LogP contribution in [0.2, 0.25) is 0 Å². The molecule has 24 heavy (non-hydrogen) atoms. The van der Waals surface area contributed by atoms with Crippen LogP contribution in [0.5, 0.6) is 0 Å². The van der Waals surface area contributed by atoms with Crippen LogP contribution in [0.15, 0.2) is 88.6 Å². The molecule has 0 spiro atoms. The lowest BCUT2D eigenvalue weighted by atomic mass is 10.1. The van der Waals surface area contributed by atoms with Crippen LogP contribution in [0.25, 0.3) is 0 Å². The molecule has 4 heteroatoms. The summed E-state index contributed by atoms with van der Waals surface area (Å²) in [6.45, 7) is 0.975. The lowest BCUT2D eigenvalue weighted by molar-refractivity contribution is 0.0972. The zero-order chi connectivity index (χ0) is 16.8. The fraction of sp³-hybridized carbons (Fsp3) is 0.100. The summed E-state index contributed by atoms with van der Waals surface area (Å²) < 4.78 is 2.84. The fourth-order valence-electron chi connectivity index (χ4n) is 2.32. The van der Waals surface area contributed by atoms with Gasteiger partial charge in [-0.2, -0.15) is 0 Å². The number of ketones is 1. The molecular formula is C20H17BrN2O. The lowest BCUT2D eigenvalue weighted by Gasteiger charge is -2.05. The molecular weight excluding hydrogens is 364 g/mol. The van der Waals surface area contributed by atoms with Crippen molar-refractivity contribution >= 4 is 21.7 Å². The molecule has 3 aromatic rings. The van der Waals surface area contributed by atoms with Gasteiger partial charge < -0.3 is 4.57 Å². The van der Waals surface area contributed by atoms with E-state index in [1.54, 1.807) is 0 Å². The molecule has 0 radical (unpaired) electrons. The van der Waals surface area contributed by atoms with Crippen molar-refractivity contribution in [2.24, 2.45) is 4.99 Å². The molecule has 0 aliphatic rings. The third kappa shape index (κ3) is 4.52. The summed E-state index contributed by atoms with van der Waals surface area (Å²) in [5.74, 6) is 0.0847. The standard InChI is InChI=1S/C20H17BrN2O/c21-18-8-6-17(7-9-18)20(24)15-23-12-10-19(11-13-23)22-14-16-4-2-1-3-5-16/h1-13H,14-15H2. The molecule has 2 aromatic carbocycles. The molecule has 0 atom stereocenters. The van der Waals surface area contributed by atoms with Crippen molar-refractivity contribution < 1.29 is 4.79 Å². The van der Waals surface area contributed by atoms with Crippen LogP contribution < -0.4 is 5.36 Å². The number of rotatable bonds is 5. The maximum Gasteiger partial charge on any atom is 0.182 e. The molecule has 120 valence electrons. The van der Waals surface area contributed by atoms with Gasteiger partial charge in [0.2, 0.25) is 0 Å². The summed E-state index contributed by atoms with van der Waals surface area (Å²) in [5.41, 5.74) is 1.89. The topological polar surface area (TPSA) is 34.4 Å². The molecule has 1 aromatic heterocycles. The highest BCUT2D eigenvalue weighted by atomic mass is 79.9. The third-order valence-corrected chi connectivity index (χ3v) is 4.18. The van der Waals surface area contributed by atoms with E-state index >= 15 is 0 Å². The average Bonchev–Trinajstić information content (AvgIpc) is 2.62. The van der Waals surface area contributed by atoms with Gasteiger partial charge in [-0.05, 0) is 29.8 Å². The van der Waals surface area contributed by atoms with Crippen molar-refractivity contribution in [1.82, 2.24) is 4.57 Å². The predicted octanol–water partition coefficient (Wildman–Crippen LogP) is 4.23. The Bertz CT molecular complexity index is 863. The highest BCUT2D eigenvalue weighted by Gasteiger charge is 2.05. The van der Waals surface area contributed by atoms with Gasteiger partial charge in [0.1, 0.15) is 0 Å². The second-order valence-electron chi connectivity index (χ2n) is 5.46. The summed E-state index contributed by atoms with van der Waals surface area (Å²) in [4.78, 5) is 16.8. The summed E-state index contributed by atoms with van der Waals surface area (Å²) in [6.07, 6.45) is 3.78. The number of benzene rings is 2. The van der Waals surface area contributed by atoms with Gasteiger partial charge in [-0.1, -0.05) is 58.4 Å². The van der Waals surface area contributed by atoms with E-state index in [4.69, 9.17) is 0 Å². The van der Waals surface area contributed by atoms with E-state index in [0.717, 1.165) is 9.83 Å². The molecule has 0 saturated carbocycles. The average molecular weight is 381 g/mol. The second kappa shape index (κ2) is 7.88. The van der Waals surface area contributed by atoms with E-state index in [2.05, 4.69) is 33.1 Å². The van der Waals surface area contributed by atoms with Crippen LogP contribution in [-0.2, 0) is 13.1 Å². The molecule has 3 rings (SSSR count). The van der Waals surface area contributed by atoms with Gasteiger partial charge in [-0.3, -0.25) is 9.79 Å². The van der Waals surface area contributed by atoms with Crippen LogP contribution >= 0.6 is 15.9 Å². The van der Waals surface area contributed by atoms with Crippen molar-refractivity contribution in [1.29, 1.82) is 0 Å². The van der Waals surface area contributed by atoms with Gasteiger partial charge in [0, 0.05) is 22.4 Å². The number of pyridine rings is 1. The Morgan fingerprint density at radius 2 is 1.58 bits per heavy atom. The minimum absolute atomic E-state index is 0.0847. The zero-order valence-electron chi connectivity index (χ0n) is 13.1. The van der Waals surface area contributed by atoms with E-state index in [-0.39, 0.29) is 5.78 Å². The first kappa shape index (κ1) is 16.4. The molecule has 0 amide bonds. The Morgan fingerprint density at radius 1 is 0.917 bits per heavy atom. The number of aromatic nitrogens is 1. The quantitative estimate of drug-likeness (QED) is 0.609. The molecule has 1 heterocycles. The smallest absolute Gasteiger partial charge is 0.182 e. The third-order valence-electron chi connectivity index (χ3n) is 3.65. The number of nitrogens with zero attached hydrogens (tertiary/aromatic N) is 2. The maximum absolute atomic E-state index is 12.3. The first-order chi connectivity index (χ1) is 11.7. The highest BCUT2D eigenvalue weighted by molar-refractivity contribution is 9.10. The van der Waals surface area contributed by atoms with Crippen molar-refractivity contribution in [3.8, 4) is 0 Å². The Balaban J connectivity index is 1.66. The molecule has 0 saturated heterocycles. The van der Waals surface area contributed by atoms with Crippen LogP contribution in [0.3, 0.4) is 0 Å². The normalized spacial score (nSPS) is 10.4. The molecule has 0 bridgehead atoms. The van der Waals surface area contributed by atoms with Crippen molar-refractivity contribution in [2.75, 3.05) is 0 Å². The summed E-state index contributed by atoms with van der Waals surface area (Å²) >= 11 is 3.37. The molecule has 0 N–H and O–H groups in total. The summed E-state index contributed by atoms with van der Waals surface area (Å²) in [5, 5.41) is 0.909. The van der Waals surface area contributed by atoms with Gasteiger partial charge in [0.25, 0.3) is 0 Å². The van der Waals surface area contributed by atoms with E-state index in [9.17, 15) is 4.79 Å². The van der Waals surface area contributed by atoms with Crippen LogP contribution in [0.1, 0.15) is 15.9 Å². The molecule has 0 aliphatic heterocycles. The number of carbonyl (C=O) groups excluding carboxylic acids is 1. The Morgan fingerprint density at radius 3 is 2.25 bits per heavy atom. The van der Waals surface area contributed by atoms with Crippen molar-refractivity contribution in [3.05, 3.63) is 100 Å². The van der Waals surface area contributed by atoms with Gasteiger partial charge in [-0.15, -0.1) is 0 Å². The van der Waals surface area contributed by atoms with E-state index in [0.29, 0.717) is 18.7 Å². The van der Waals surface area contributed by atoms with Crippen LogP contribution in [-0.4, -0.2) is 10.4 Å². The van der Waals surface area contributed by atoms with E-state index < -0.39 is 0 Å². The van der Waals surface area contributed by atoms with E-state index in [1.165, 1.54) is 5.56 Å². The highest BCUT2D eigenvalue weighted by Crippen LogP contribution is 2.11. The summed E-state index contributed by atoms with van der Waals surface area (Å²) in [6, 6.07) is 21.4.